The van der Waals surface area contributed by atoms with Crippen molar-refractivity contribution >= 4 is 23.8 Å². The van der Waals surface area contributed by atoms with Crippen molar-refractivity contribution in [1.29, 1.82) is 0 Å². The monoisotopic (exact) mass is 384 g/mol. The molecule has 0 atom stereocenters. The van der Waals surface area contributed by atoms with E-state index in [1.807, 2.05) is 37.3 Å². The van der Waals surface area contributed by atoms with Gasteiger partial charge in [-0.05, 0) is 61.1 Å². The number of carbonyl (C=O) groups excluding carboxylic acids is 1. The highest BCUT2D eigenvalue weighted by molar-refractivity contribution is 7.71. The van der Waals surface area contributed by atoms with Gasteiger partial charge in [-0.3, -0.25) is 14.5 Å². The van der Waals surface area contributed by atoms with Gasteiger partial charge in [-0.25, -0.2) is 0 Å². The number of methoxy groups -OCH3 is 1. The van der Waals surface area contributed by atoms with Crippen LogP contribution in [0.4, 0.5) is 5.69 Å². The summed E-state index contributed by atoms with van der Waals surface area (Å²) >= 11 is 5.29. The van der Waals surface area contributed by atoms with Gasteiger partial charge >= 0.3 is 0 Å². The van der Waals surface area contributed by atoms with Gasteiger partial charge in [0.1, 0.15) is 11.5 Å². The molecule has 27 heavy (non-hydrogen) atoms. The van der Waals surface area contributed by atoms with Crippen LogP contribution in [0.3, 0.4) is 0 Å². The van der Waals surface area contributed by atoms with Crippen LogP contribution in [0, 0.1) is 11.7 Å². The lowest BCUT2D eigenvalue weighted by Crippen LogP contribution is -2.15. The summed E-state index contributed by atoms with van der Waals surface area (Å²) in [6.45, 7) is 2.22. The molecule has 0 unspecified atom stereocenters. The van der Waals surface area contributed by atoms with E-state index in [2.05, 4.69) is 15.5 Å². The van der Waals surface area contributed by atoms with Crippen LogP contribution in [-0.2, 0) is 11.3 Å². The molecular weight excluding hydrogens is 364 g/mol. The van der Waals surface area contributed by atoms with Crippen LogP contribution in [0.2, 0.25) is 0 Å². The molecule has 0 bridgehead atoms. The molecule has 2 aromatic carbocycles. The number of aromatic hydroxyl groups is 1. The van der Waals surface area contributed by atoms with Gasteiger partial charge in [-0.2, -0.15) is 5.10 Å². The topological polar surface area (TPSA) is 92.2 Å². The number of phenolic OH excluding ortho intramolecular Hbond substituents is 1. The molecule has 0 aliphatic heterocycles. The Bertz CT molecular complexity index is 1010. The molecule has 1 amide bonds. The fourth-order valence-electron chi connectivity index (χ4n) is 2.66. The minimum absolute atomic E-state index is 0.0437. The fourth-order valence-corrected chi connectivity index (χ4v) is 2.88. The van der Waals surface area contributed by atoms with Gasteiger partial charge in [0, 0.05) is 18.5 Å². The number of amides is 1. The smallest absolute Gasteiger partial charge is 0.226 e. The summed E-state index contributed by atoms with van der Waals surface area (Å²) in [5.74, 6) is 1.21. The molecule has 0 saturated heterocycles. The van der Waals surface area contributed by atoms with E-state index >= 15 is 0 Å². The average molecular weight is 384 g/mol. The predicted octanol–water partition coefficient (Wildman–Crippen LogP) is 3.66. The first-order chi connectivity index (χ1) is 13.0. The van der Waals surface area contributed by atoms with E-state index in [0.29, 0.717) is 22.8 Å². The largest absolute Gasteiger partial charge is 0.506 e. The number of nitrogens with zero attached hydrogens (tertiary/aromatic N) is 2. The predicted molar refractivity (Wildman–Crippen MR) is 105 cm³/mol. The first-order valence-corrected chi connectivity index (χ1v) is 8.78. The number of nitrogens with one attached hydrogen (secondary N) is 2. The number of hydrogen-bond donors (Lipinski definition) is 3. The molecule has 3 rings (SSSR count). The van der Waals surface area contributed by atoms with Crippen LogP contribution in [0.5, 0.6) is 11.5 Å². The Morgan fingerprint density at radius 3 is 2.70 bits per heavy atom. The van der Waals surface area contributed by atoms with Crippen molar-refractivity contribution in [2.24, 2.45) is 0 Å². The van der Waals surface area contributed by atoms with E-state index in [9.17, 15) is 9.90 Å². The Hall–Kier alpha value is -3.13. The zero-order valence-electron chi connectivity index (χ0n) is 15.0. The average Bonchev–Trinajstić information content (AvgIpc) is 3.03. The molecule has 1 aromatic heterocycles. The molecule has 0 spiro atoms. The van der Waals surface area contributed by atoms with Crippen LogP contribution in [0.25, 0.3) is 11.4 Å². The highest BCUT2D eigenvalue weighted by Crippen LogP contribution is 2.24. The van der Waals surface area contributed by atoms with Crippen molar-refractivity contribution in [2.45, 2.75) is 19.9 Å². The van der Waals surface area contributed by atoms with Crippen LogP contribution in [0.15, 0.2) is 42.5 Å². The first-order valence-electron chi connectivity index (χ1n) is 8.37. The van der Waals surface area contributed by atoms with Crippen molar-refractivity contribution < 1.29 is 14.6 Å². The number of aromatic amines is 1. The second-order valence-electron chi connectivity index (χ2n) is 6.05. The molecule has 8 heteroatoms. The maximum absolute atomic E-state index is 12.3. The van der Waals surface area contributed by atoms with Crippen molar-refractivity contribution in [3.63, 3.8) is 0 Å². The number of hydrogen-bond acceptors (Lipinski definition) is 5. The van der Waals surface area contributed by atoms with Crippen molar-refractivity contribution in [1.82, 2.24) is 14.8 Å². The van der Waals surface area contributed by atoms with Gasteiger partial charge in [0.2, 0.25) is 5.91 Å². The Kier molecular flexibility index (Phi) is 5.56. The lowest BCUT2D eigenvalue weighted by atomic mass is 10.2. The van der Waals surface area contributed by atoms with E-state index in [1.165, 1.54) is 0 Å². The maximum atomic E-state index is 12.3. The van der Waals surface area contributed by atoms with Gasteiger partial charge in [-0.15, -0.1) is 0 Å². The molecule has 0 saturated carbocycles. The number of aryl methyl sites for hydroxylation is 1. The number of ether oxygens (including phenoxy) is 1. The second kappa shape index (κ2) is 8.05. The Morgan fingerprint density at radius 2 is 2.04 bits per heavy atom. The number of H-pyrrole nitrogens is 1. The molecule has 0 aliphatic rings. The van der Waals surface area contributed by atoms with Crippen molar-refractivity contribution in [3.8, 4) is 22.9 Å². The van der Waals surface area contributed by atoms with Gasteiger partial charge in [0.15, 0.2) is 10.6 Å². The number of rotatable bonds is 6. The summed E-state index contributed by atoms with van der Waals surface area (Å²) < 4.78 is 7.37. The van der Waals surface area contributed by atoms with Gasteiger partial charge in [-0.1, -0.05) is 6.07 Å². The maximum Gasteiger partial charge on any atom is 0.226 e. The lowest BCUT2D eigenvalue weighted by molar-refractivity contribution is -0.116. The third-order valence-corrected chi connectivity index (χ3v) is 4.41. The molecule has 7 nitrogen and oxygen atoms in total. The molecule has 0 fully saturated rings. The van der Waals surface area contributed by atoms with E-state index in [0.717, 1.165) is 16.9 Å². The number of anilines is 1. The second-order valence-corrected chi connectivity index (χ2v) is 6.44. The minimum atomic E-state index is -0.224. The third-order valence-electron chi connectivity index (χ3n) is 4.10. The van der Waals surface area contributed by atoms with Crippen LogP contribution < -0.4 is 10.1 Å². The molecule has 3 aromatic rings. The molecule has 140 valence electrons. The minimum Gasteiger partial charge on any atom is -0.506 e. The summed E-state index contributed by atoms with van der Waals surface area (Å²) in [5.41, 5.74) is 2.16. The van der Waals surface area contributed by atoms with Crippen LogP contribution in [-0.4, -0.2) is 32.9 Å². The van der Waals surface area contributed by atoms with E-state index < -0.39 is 0 Å². The highest BCUT2D eigenvalue weighted by atomic mass is 32.1. The molecule has 0 aliphatic carbocycles. The van der Waals surface area contributed by atoms with Crippen molar-refractivity contribution in [2.75, 3.05) is 12.4 Å². The summed E-state index contributed by atoms with van der Waals surface area (Å²) in [4.78, 5) is 12.3. The third kappa shape index (κ3) is 4.35. The molecular formula is C19H20N4O3S. The summed E-state index contributed by atoms with van der Waals surface area (Å²) in [5, 5.41) is 19.6. The summed E-state index contributed by atoms with van der Waals surface area (Å²) in [6.07, 6.45) is 0.185. The van der Waals surface area contributed by atoms with Gasteiger partial charge in [0.05, 0.1) is 12.8 Å². The number of phenols is 1. The Labute approximate surface area is 161 Å². The summed E-state index contributed by atoms with van der Waals surface area (Å²) in [7, 11) is 1.61. The fraction of sp³-hybridized carbons (Fsp3) is 0.211. The molecule has 0 radical (unpaired) electrons. The van der Waals surface area contributed by atoms with E-state index in [-0.39, 0.29) is 18.1 Å². The van der Waals surface area contributed by atoms with Gasteiger partial charge in [0.25, 0.3) is 0 Å². The zero-order valence-corrected chi connectivity index (χ0v) is 15.8. The van der Waals surface area contributed by atoms with Crippen LogP contribution in [0.1, 0.15) is 12.0 Å². The lowest BCUT2D eigenvalue weighted by Gasteiger charge is -2.10. The standard InChI is InChI=1S/C19H20N4O3S/c1-12-3-8-15(16(24)11-12)20-17(25)9-10-23-18(21-22-19(23)27)13-4-6-14(26-2)7-5-13/h3-8,11,24H,9-10H2,1-2H3,(H,20,25)(H,22,27). The normalized spacial score (nSPS) is 10.6. The molecule has 1 heterocycles. The number of aromatic nitrogens is 3. The Morgan fingerprint density at radius 1 is 1.30 bits per heavy atom. The number of benzene rings is 2. The van der Waals surface area contributed by atoms with E-state index in [4.69, 9.17) is 17.0 Å². The quantitative estimate of drug-likeness (QED) is 0.446. The SMILES string of the molecule is COc1ccc(-c2n[nH]c(=S)n2CCC(=O)Nc2ccc(C)cc2O)cc1. The van der Waals surface area contributed by atoms with Crippen molar-refractivity contribution in [3.05, 3.63) is 52.8 Å². The zero-order chi connectivity index (χ0) is 19.4. The first kappa shape index (κ1) is 18.7. The van der Waals surface area contributed by atoms with Gasteiger partial charge < -0.3 is 15.2 Å². The van der Waals surface area contributed by atoms with Crippen LogP contribution >= 0.6 is 12.2 Å². The number of carbonyl (C=O) groups is 1. The molecule has 3 N–H and O–H groups in total. The Balaban J connectivity index is 1.71. The highest BCUT2D eigenvalue weighted by Gasteiger charge is 2.12. The van der Waals surface area contributed by atoms with E-state index in [1.54, 1.807) is 23.8 Å². The summed E-state index contributed by atoms with van der Waals surface area (Å²) in [6, 6.07) is 12.5.